The summed E-state index contributed by atoms with van der Waals surface area (Å²) in [5.74, 6) is -0.333. The molecule has 35 heavy (non-hydrogen) atoms. The third-order valence-electron chi connectivity index (χ3n) is 8.04. The van der Waals surface area contributed by atoms with Gasteiger partial charge in [0.05, 0.1) is 18.6 Å². The number of carbonyl (C=O) groups excluding carboxylic acids is 2. The summed E-state index contributed by atoms with van der Waals surface area (Å²) < 4.78 is 0. The number of piperidine rings is 1. The summed E-state index contributed by atoms with van der Waals surface area (Å²) in [6, 6.07) is 16.3. The number of rotatable bonds is 5. The first kappa shape index (κ1) is 24.0. The van der Waals surface area contributed by atoms with Crippen molar-refractivity contribution in [1.29, 1.82) is 0 Å². The zero-order valence-corrected chi connectivity index (χ0v) is 20.3. The normalized spacial score (nSPS) is 31.1. The molecule has 2 amide bonds. The SMILES string of the molecule is CC(N)C1CCCC(C(=O)N2CC(O)(c3ccccc3)CC2C(=O)NC2CCc3ccccc32)N1. The van der Waals surface area contributed by atoms with Crippen LogP contribution < -0.4 is 16.4 Å². The molecule has 6 atom stereocenters. The Morgan fingerprint density at radius 3 is 2.63 bits per heavy atom. The van der Waals surface area contributed by atoms with E-state index < -0.39 is 17.7 Å². The Morgan fingerprint density at radius 1 is 1.11 bits per heavy atom. The van der Waals surface area contributed by atoms with E-state index in [1.807, 2.05) is 49.4 Å². The molecule has 2 saturated heterocycles. The standard InChI is InChI=1S/C28H36N4O3/c1-18(29)22-12-7-13-24(30-22)27(34)32-17-28(35,20-9-3-2-4-10-20)16-25(32)26(33)31-23-15-14-19-8-5-6-11-21(19)23/h2-6,8-11,18,22-25,30,35H,7,12-17,29H2,1H3,(H,31,33). The summed E-state index contributed by atoms with van der Waals surface area (Å²) in [6.07, 6.45) is 4.48. The Bertz CT molecular complexity index is 1070. The predicted octanol–water partition coefficient (Wildman–Crippen LogP) is 2.14. The monoisotopic (exact) mass is 476 g/mol. The molecule has 186 valence electrons. The maximum atomic E-state index is 13.8. The van der Waals surface area contributed by atoms with Crippen molar-refractivity contribution in [1.82, 2.24) is 15.5 Å². The lowest BCUT2D eigenvalue weighted by molar-refractivity contribution is -0.141. The summed E-state index contributed by atoms with van der Waals surface area (Å²) in [6.45, 7) is 2.04. The Kier molecular flexibility index (Phi) is 6.66. The predicted molar refractivity (Wildman–Crippen MR) is 134 cm³/mol. The van der Waals surface area contributed by atoms with Crippen molar-refractivity contribution < 1.29 is 14.7 Å². The fourth-order valence-electron chi connectivity index (χ4n) is 6.06. The van der Waals surface area contributed by atoms with Gasteiger partial charge in [-0.2, -0.15) is 0 Å². The van der Waals surface area contributed by atoms with E-state index in [0.717, 1.165) is 36.8 Å². The van der Waals surface area contributed by atoms with Crippen molar-refractivity contribution in [3.8, 4) is 0 Å². The van der Waals surface area contributed by atoms with E-state index >= 15 is 0 Å². The Balaban J connectivity index is 1.39. The van der Waals surface area contributed by atoms with Gasteiger partial charge in [-0.1, -0.05) is 54.6 Å². The zero-order valence-electron chi connectivity index (χ0n) is 20.3. The van der Waals surface area contributed by atoms with Crippen LogP contribution in [0.1, 0.15) is 61.8 Å². The fourth-order valence-corrected chi connectivity index (χ4v) is 6.06. The number of nitrogens with zero attached hydrogens (tertiary/aromatic N) is 1. The van der Waals surface area contributed by atoms with Crippen LogP contribution in [0.5, 0.6) is 0 Å². The van der Waals surface area contributed by atoms with Crippen molar-refractivity contribution in [2.24, 2.45) is 5.73 Å². The molecule has 6 unspecified atom stereocenters. The van der Waals surface area contributed by atoms with Crippen molar-refractivity contribution in [2.45, 2.75) is 81.3 Å². The molecular formula is C28H36N4O3. The molecule has 2 aliphatic heterocycles. The number of carbonyl (C=O) groups is 2. The van der Waals surface area contributed by atoms with E-state index in [0.29, 0.717) is 6.42 Å². The van der Waals surface area contributed by atoms with Crippen LogP contribution in [-0.2, 0) is 21.6 Å². The smallest absolute Gasteiger partial charge is 0.243 e. The molecule has 2 aromatic rings. The van der Waals surface area contributed by atoms with Crippen LogP contribution >= 0.6 is 0 Å². The van der Waals surface area contributed by atoms with Crippen LogP contribution in [0.4, 0.5) is 0 Å². The number of amides is 2. The number of aryl methyl sites for hydroxylation is 1. The van der Waals surface area contributed by atoms with Gasteiger partial charge in [-0.3, -0.25) is 9.59 Å². The first-order chi connectivity index (χ1) is 16.9. The Labute approximate surface area is 207 Å². The molecule has 0 saturated carbocycles. The number of hydrogen-bond donors (Lipinski definition) is 4. The van der Waals surface area contributed by atoms with Gasteiger partial charge in [0.2, 0.25) is 11.8 Å². The average molecular weight is 477 g/mol. The van der Waals surface area contributed by atoms with Crippen molar-refractivity contribution in [3.63, 3.8) is 0 Å². The largest absolute Gasteiger partial charge is 0.383 e. The minimum atomic E-state index is -1.28. The summed E-state index contributed by atoms with van der Waals surface area (Å²) in [5, 5.41) is 18.3. The van der Waals surface area contributed by atoms with Crippen molar-refractivity contribution in [3.05, 3.63) is 71.3 Å². The van der Waals surface area contributed by atoms with Gasteiger partial charge < -0.3 is 26.4 Å². The number of β-amino-alcohol motifs (C(OH)–C–C–N with tert-alkyl or cyclic N) is 1. The van der Waals surface area contributed by atoms with Gasteiger partial charge in [0.15, 0.2) is 0 Å². The van der Waals surface area contributed by atoms with E-state index in [1.165, 1.54) is 5.56 Å². The van der Waals surface area contributed by atoms with Crippen LogP contribution in [0.3, 0.4) is 0 Å². The van der Waals surface area contributed by atoms with E-state index in [1.54, 1.807) is 4.90 Å². The molecule has 1 aliphatic carbocycles. The van der Waals surface area contributed by atoms with Gasteiger partial charge in [0, 0.05) is 18.5 Å². The number of nitrogens with one attached hydrogen (secondary N) is 2. The van der Waals surface area contributed by atoms with E-state index in [9.17, 15) is 14.7 Å². The first-order valence-corrected chi connectivity index (χ1v) is 12.8. The molecule has 2 aromatic carbocycles. The Morgan fingerprint density at radius 2 is 1.86 bits per heavy atom. The lowest BCUT2D eigenvalue weighted by Gasteiger charge is -2.36. The highest BCUT2D eigenvalue weighted by Crippen LogP contribution is 2.38. The molecule has 0 spiro atoms. The number of likely N-dealkylation sites (tertiary alicyclic amines) is 1. The van der Waals surface area contributed by atoms with E-state index in [2.05, 4.69) is 22.8 Å². The maximum absolute atomic E-state index is 13.8. The van der Waals surface area contributed by atoms with Crippen LogP contribution in [0, 0.1) is 0 Å². The average Bonchev–Trinajstić information content (AvgIpc) is 3.46. The number of benzene rings is 2. The van der Waals surface area contributed by atoms with Gasteiger partial charge in [-0.25, -0.2) is 0 Å². The minimum Gasteiger partial charge on any atom is -0.383 e. The lowest BCUT2D eigenvalue weighted by Crippen LogP contribution is -2.58. The molecule has 5 N–H and O–H groups in total. The zero-order chi connectivity index (χ0) is 24.6. The molecule has 0 radical (unpaired) electrons. The highest BCUT2D eigenvalue weighted by Gasteiger charge is 2.50. The fraction of sp³-hybridized carbons (Fsp3) is 0.500. The highest BCUT2D eigenvalue weighted by atomic mass is 16.3. The quantitative estimate of drug-likeness (QED) is 0.529. The minimum absolute atomic E-state index is 0.0630. The molecular weight excluding hydrogens is 440 g/mol. The second kappa shape index (κ2) is 9.72. The Hall–Kier alpha value is -2.74. The van der Waals surface area contributed by atoms with Gasteiger partial charge in [0.25, 0.3) is 0 Å². The van der Waals surface area contributed by atoms with Crippen molar-refractivity contribution >= 4 is 11.8 Å². The molecule has 7 nitrogen and oxygen atoms in total. The first-order valence-electron chi connectivity index (χ1n) is 12.8. The third-order valence-corrected chi connectivity index (χ3v) is 8.04. The maximum Gasteiger partial charge on any atom is 0.243 e. The van der Waals surface area contributed by atoms with Crippen molar-refractivity contribution in [2.75, 3.05) is 6.54 Å². The molecule has 2 fully saturated rings. The van der Waals surface area contributed by atoms with Crippen LogP contribution in [0.2, 0.25) is 0 Å². The van der Waals surface area contributed by atoms with E-state index in [-0.39, 0.29) is 42.9 Å². The van der Waals surface area contributed by atoms with Crippen LogP contribution in [0.15, 0.2) is 54.6 Å². The molecule has 0 bridgehead atoms. The second-order valence-corrected chi connectivity index (χ2v) is 10.5. The number of fused-ring (bicyclic) bond motifs is 1. The molecule has 5 rings (SSSR count). The van der Waals surface area contributed by atoms with Gasteiger partial charge >= 0.3 is 0 Å². The third kappa shape index (κ3) is 4.73. The van der Waals surface area contributed by atoms with Gasteiger partial charge in [-0.15, -0.1) is 0 Å². The van der Waals surface area contributed by atoms with Crippen LogP contribution in [-0.4, -0.2) is 52.5 Å². The second-order valence-electron chi connectivity index (χ2n) is 10.5. The topological polar surface area (TPSA) is 108 Å². The highest BCUT2D eigenvalue weighted by molar-refractivity contribution is 5.91. The number of hydrogen-bond acceptors (Lipinski definition) is 5. The van der Waals surface area contributed by atoms with E-state index in [4.69, 9.17) is 5.73 Å². The van der Waals surface area contributed by atoms with Gasteiger partial charge in [0.1, 0.15) is 11.6 Å². The summed E-state index contributed by atoms with van der Waals surface area (Å²) >= 11 is 0. The summed E-state index contributed by atoms with van der Waals surface area (Å²) in [4.78, 5) is 29.0. The molecule has 0 aromatic heterocycles. The number of nitrogens with two attached hydrogens (primary N) is 1. The molecule has 7 heteroatoms. The number of aliphatic hydroxyl groups is 1. The van der Waals surface area contributed by atoms with Gasteiger partial charge in [-0.05, 0) is 55.7 Å². The molecule has 3 aliphatic rings. The van der Waals surface area contributed by atoms with Crippen LogP contribution in [0.25, 0.3) is 0 Å². The lowest BCUT2D eigenvalue weighted by atomic mass is 9.91. The summed E-state index contributed by atoms with van der Waals surface area (Å²) in [5.41, 5.74) is 7.96. The summed E-state index contributed by atoms with van der Waals surface area (Å²) in [7, 11) is 0. The molecule has 2 heterocycles.